The molecule has 0 aliphatic carbocycles. The average molecular weight is 151 g/mol. The van der Waals surface area contributed by atoms with Crippen molar-refractivity contribution in [2.45, 2.75) is 6.92 Å². The Balaban J connectivity index is 3.19. The van der Waals surface area contributed by atoms with E-state index in [0.29, 0.717) is 9.75 Å². The molecular weight excluding hydrogens is 146 g/mol. The standard InChI is InChI=1S/C7H5NOS/c1-5-2-6(4-9)10-7(5)3-8/h2,4H,1H3. The van der Waals surface area contributed by atoms with Crippen LogP contribution in [0.1, 0.15) is 20.1 Å². The lowest BCUT2D eigenvalue weighted by atomic mass is 10.3. The number of nitrogens with zero attached hydrogens (tertiary/aromatic N) is 1. The summed E-state index contributed by atoms with van der Waals surface area (Å²) in [6.45, 7) is 1.82. The first-order valence-electron chi connectivity index (χ1n) is 2.73. The quantitative estimate of drug-likeness (QED) is 0.573. The van der Waals surface area contributed by atoms with Crippen LogP contribution in [0, 0.1) is 18.3 Å². The second-order valence-corrected chi connectivity index (χ2v) is 2.97. The highest BCUT2D eigenvalue weighted by Gasteiger charge is 2.01. The highest BCUT2D eigenvalue weighted by molar-refractivity contribution is 7.14. The number of nitriles is 1. The van der Waals surface area contributed by atoms with Crippen molar-refractivity contribution in [2.24, 2.45) is 0 Å². The topological polar surface area (TPSA) is 40.9 Å². The summed E-state index contributed by atoms with van der Waals surface area (Å²) in [4.78, 5) is 11.4. The van der Waals surface area contributed by atoms with Crippen LogP contribution in [0.2, 0.25) is 0 Å². The van der Waals surface area contributed by atoms with Gasteiger partial charge in [-0.05, 0) is 18.6 Å². The molecule has 0 aliphatic rings. The molecule has 0 aromatic carbocycles. The van der Waals surface area contributed by atoms with Gasteiger partial charge in [0.1, 0.15) is 10.9 Å². The fraction of sp³-hybridized carbons (Fsp3) is 0.143. The molecule has 1 aromatic rings. The lowest BCUT2D eigenvalue weighted by Gasteiger charge is -1.76. The lowest BCUT2D eigenvalue weighted by molar-refractivity contribution is 0.112. The molecule has 2 nitrogen and oxygen atoms in total. The maximum Gasteiger partial charge on any atom is 0.160 e. The minimum Gasteiger partial charge on any atom is -0.297 e. The fourth-order valence-corrected chi connectivity index (χ4v) is 1.46. The van der Waals surface area contributed by atoms with Crippen molar-refractivity contribution in [2.75, 3.05) is 0 Å². The van der Waals surface area contributed by atoms with Gasteiger partial charge < -0.3 is 0 Å². The van der Waals surface area contributed by atoms with Gasteiger partial charge in [0.25, 0.3) is 0 Å². The Morgan fingerprint density at radius 1 is 1.80 bits per heavy atom. The molecule has 1 heterocycles. The maximum atomic E-state index is 10.2. The third-order valence-corrected chi connectivity index (χ3v) is 2.22. The maximum absolute atomic E-state index is 10.2. The zero-order valence-corrected chi connectivity index (χ0v) is 6.23. The Labute approximate surface area is 62.7 Å². The first kappa shape index (κ1) is 6.97. The number of thiophene rings is 1. The number of hydrogen-bond acceptors (Lipinski definition) is 3. The minimum atomic E-state index is 0.619. The highest BCUT2D eigenvalue weighted by atomic mass is 32.1. The van der Waals surface area contributed by atoms with Gasteiger partial charge in [0.2, 0.25) is 0 Å². The molecule has 0 saturated heterocycles. The molecule has 0 aliphatic heterocycles. The van der Waals surface area contributed by atoms with Crippen molar-refractivity contribution < 1.29 is 4.79 Å². The Kier molecular flexibility index (Phi) is 1.83. The third-order valence-electron chi connectivity index (χ3n) is 1.15. The summed E-state index contributed by atoms with van der Waals surface area (Å²) in [7, 11) is 0. The van der Waals surface area contributed by atoms with E-state index in [2.05, 4.69) is 0 Å². The zero-order valence-electron chi connectivity index (χ0n) is 5.42. The monoisotopic (exact) mass is 151 g/mol. The van der Waals surface area contributed by atoms with Gasteiger partial charge in [-0.3, -0.25) is 4.79 Å². The van der Waals surface area contributed by atoms with Crippen LogP contribution in [-0.4, -0.2) is 6.29 Å². The highest BCUT2D eigenvalue weighted by Crippen LogP contribution is 2.18. The molecule has 0 atom stereocenters. The molecule has 0 amide bonds. The van der Waals surface area contributed by atoms with E-state index >= 15 is 0 Å². The number of carbonyl (C=O) groups is 1. The van der Waals surface area contributed by atoms with Crippen molar-refractivity contribution in [1.29, 1.82) is 5.26 Å². The van der Waals surface area contributed by atoms with Crippen LogP contribution in [0.15, 0.2) is 6.07 Å². The van der Waals surface area contributed by atoms with Crippen molar-refractivity contribution in [3.8, 4) is 6.07 Å². The second kappa shape index (κ2) is 2.63. The van der Waals surface area contributed by atoms with Crippen LogP contribution < -0.4 is 0 Å². The van der Waals surface area contributed by atoms with Crippen LogP contribution in [0.4, 0.5) is 0 Å². The molecule has 3 heteroatoms. The lowest BCUT2D eigenvalue weighted by Crippen LogP contribution is -1.66. The number of carbonyl (C=O) groups excluding carboxylic acids is 1. The van der Waals surface area contributed by atoms with Gasteiger partial charge in [-0.2, -0.15) is 5.26 Å². The van der Waals surface area contributed by atoms with Gasteiger partial charge in [-0.15, -0.1) is 11.3 Å². The Bertz CT molecular complexity index is 295. The van der Waals surface area contributed by atoms with Gasteiger partial charge in [0.15, 0.2) is 6.29 Å². The predicted molar refractivity (Wildman–Crippen MR) is 39.2 cm³/mol. The summed E-state index contributed by atoms with van der Waals surface area (Å²) in [5, 5.41) is 8.47. The van der Waals surface area contributed by atoms with E-state index in [1.165, 1.54) is 11.3 Å². The van der Waals surface area contributed by atoms with Crippen LogP contribution in [0.5, 0.6) is 0 Å². The van der Waals surface area contributed by atoms with Gasteiger partial charge >= 0.3 is 0 Å². The first-order valence-corrected chi connectivity index (χ1v) is 3.55. The van der Waals surface area contributed by atoms with Crippen LogP contribution in [0.25, 0.3) is 0 Å². The van der Waals surface area contributed by atoms with Crippen molar-refractivity contribution in [3.05, 3.63) is 21.4 Å². The fourth-order valence-electron chi connectivity index (χ4n) is 0.676. The van der Waals surface area contributed by atoms with Crippen molar-refractivity contribution >= 4 is 17.6 Å². The van der Waals surface area contributed by atoms with Gasteiger partial charge in [0.05, 0.1) is 4.88 Å². The van der Waals surface area contributed by atoms with E-state index in [4.69, 9.17) is 5.26 Å². The van der Waals surface area contributed by atoms with Gasteiger partial charge in [-0.1, -0.05) is 0 Å². The average Bonchev–Trinajstić information content (AvgIpc) is 2.30. The van der Waals surface area contributed by atoms with Crippen LogP contribution in [-0.2, 0) is 0 Å². The number of aldehydes is 1. The number of rotatable bonds is 1. The summed E-state index contributed by atoms with van der Waals surface area (Å²) < 4.78 is 0. The van der Waals surface area contributed by atoms with E-state index in [9.17, 15) is 4.79 Å². The first-order chi connectivity index (χ1) is 4.77. The molecule has 0 N–H and O–H groups in total. The Morgan fingerprint density at radius 3 is 2.80 bits per heavy atom. The predicted octanol–water partition coefficient (Wildman–Crippen LogP) is 1.74. The van der Waals surface area contributed by atoms with E-state index in [0.717, 1.165) is 11.8 Å². The summed E-state index contributed by atoms with van der Waals surface area (Å²) in [6, 6.07) is 3.73. The molecule has 10 heavy (non-hydrogen) atoms. The summed E-state index contributed by atoms with van der Waals surface area (Å²) in [5.74, 6) is 0. The normalized spacial score (nSPS) is 8.80. The largest absolute Gasteiger partial charge is 0.297 e. The van der Waals surface area contributed by atoms with Crippen molar-refractivity contribution in [3.63, 3.8) is 0 Å². The summed E-state index contributed by atoms with van der Waals surface area (Å²) >= 11 is 1.23. The molecule has 1 aromatic heterocycles. The Morgan fingerprint density at radius 2 is 2.50 bits per heavy atom. The molecular formula is C7H5NOS. The van der Waals surface area contributed by atoms with Crippen LogP contribution >= 0.6 is 11.3 Å². The van der Waals surface area contributed by atoms with E-state index in [1.54, 1.807) is 6.07 Å². The summed E-state index contributed by atoms with van der Waals surface area (Å²) in [6.07, 6.45) is 0.762. The van der Waals surface area contributed by atoms with E-state index < -0.39 is 0 Å². The molecule has 0 unspecified atom stereocenters. The Hall–Kier alpha value is -1.14. The number of aryl methyl sites for hydroxylation is 1. The SMILES string of the molecule is Cc1cc(C=O)sc1C#N. The molecule has 0 fully saturated rings. The van der Waals surface area contributed by atoms with E-state index in [1.807, 2.05) is 13.0 Å². The van der Waals surface area contributed by atoms with Gasteiger partial charge in [0, 0.05) is 0 Å². The number of hydrogen-bond donors (Lipinski definition) is 0. The molecule has 1 rings (SSSR count). The van der Waals surface area contributed by atoms with Crippen LogP contribution in [0.3, 0.4) is 0 Å². The van der Waals surface area contributed by atoms with E-state index in [-0.39, 0.29) is 0 Å². The molecule has 0 bridgehead atoms. The second-order valence-electron chi connectivity index (χ2n) is 1.89. The van der Waals surface area contributed by atoms with Gasteiger partial charge in [-0.25, -0.2) is 0 Å². The summed E-state index contributed by atoms with van der Waals surface area (Å²) in [5.41, 5.74) is 0.884. The smallest absolute Gasteiger partial charge is 0.160 e. The molecule has 0 saturated carbocycles. The van der Waals surface area contributed by atoms with Crippen molar-refractivity contribution in [1.82, 2.24) is 0 Å². The zero-order chi connectivity index (χ0) is 7.56. The molecule has 50 valence electrons. The molecule has 0 radical (unpaired) electrons. The third kappa shape index (κ3) is 1.07. The molecule has 0 spiro atoms. The minimum absolute atomic E-state index is 0.619.